The van der Waals surface area contributed by atoms with E-state index in [1.807, 2.05) is 4.72 Å². The summed E-state index contributed by atoms with van der Waals surface area (Å²) in [5.74, 6) is -6.03. The highest BCUT2D eigenvalue weighted by Gasteiger charge is 2.20. The number of rotatable bonds is 4. The molecular formula is C13H9F4NO3S. The van der Waals surface area contributed by atoms with Gasteiger partial charge in [0.15, 0.2) is 29.0 Å². The molecule has 0 aromatic heterocycles. The van der Waals surface area contributed by atoms with Crippen LogP contribution in [-0.2, 0) is 10.0 Å². The third-order valence-electron chi connectivity index (χ3n) is 2.67. The second-order valence-electron chi connectivity index (χ2n) is 4.16. The van der Waals surface area contributed by atoms with Gasteiger partial charge in [-0.25, -0.2) is 26.0 Å². The summed E-state index contributed by atoms with van der Waals surface area (Å²) in [7, 11) is -3.19. The third kappa shape index (κ3) is 3.14. The molecule has 0 atom stereocenters. The van der Waals surface area contributed by atoms with E-state index >= 15 is 0 Å². The van der Waals surface area contributed by atoms with Crippen LogP contribution in [0, 0.1) is 23.3 Å². The fraction of sp³-hybridized carbons (Fsp3) is 0.0769. The first kappa shape index (κ1) is 16.1. The third-order valence-corrected chi connectivity index (χ3v) is 4.03. The van der Waals surface area contributed by atoms with Crippen molar-refractivity contribution in [2.75, 3.05) is 11.8 Å². The topological polar surface area (TPSA) is 55.4 Å². The van der Waals surface area contributed by atoms with Crippen LogP contribution in [-0.4, -0.2) is 15.5 Å². The molecule has 2 aromatic carbocycles. The van der Waals surface area contributed by atoms with Gasteiger partial charge in [0.1, 0.15) is 0 Å². The van der Waals surface area contributed by atoms with E-state index in [1.165, 1.54) is 19.2 Å². The molecule has 1 N–H and O–H groups in total. The predicted octanol–water partition coefficient (Wildman–Crippen LogP) is 3.05. The van der Waals surface area contributed by atoms with Crippen LogP contribution in [0.15, 0.2) is 35.2 Å². The highest BCUT2D eigenvalue weighted by Crippen LogP contribution is 2.24. The van der Waals surface area contributed by atoms with Gasteiger partial charge >= 0.3 is 0 Å². The first-order valence-electron chi connectivity index (χ1n) is 5.75. The summed E-state index contributed by atoms with van der Waals surface area (Å²) < 4.78 is 83.0. The number of hydrogen-bond acceptors (Lipinski definition) is 3. The zero-order chi connectivity index (χ0) is 16.5. The largest absolute Gasteiger partial charge is 0.494 e. The lowest BCUT2D eigenvalue weighted by Gasteiger charge is -2.10. The predicted molar refractivity (Wildman–Crippen MR) is 70.1 cm³/mol. The van der Waals surface area contributed by atoms with Crippen LogP contribution in [0.4, 0.5) is 23.2 Å². The Morgan fingerprint density at radius 1 is 0.955 bits per heavy atom. The van der Waals surface area contributed by atoms with E-state index in [1.54, 1.807) is 0 Å². The molecule has 9 heteroatoms. The summed E-state index contributed by atoms with van der Waals surface area (Å²) in [5.41, 5.74) is -0.191. The van der Waals surface area contributed by atoms with Crippen LogP contribution in [0.2, 0.25) is 0 Å². The number of hydrogen-bond donors (Lipinski definition) is 1. The van der Waals surface area contributed by atoms with Gasteiger partial charge in [0.25, 0.3) is 10.0 Å². The zero-order valence-electron chi connectivity index (χ0n) is 11.0. The SMILES string of the molecule is COc1ccc(NS(=O)(=O)c2cc(F)c(F)c(F)c2)cc1F. The van der Waals surface area contributed by atoms with E-state index in [-0.39, 0.29) is 11.4 Å². The van der Waals surface area contributed by atoms with E-state index in [9.17, 15) is 26.0 Å². The first-order chi connectivity index (χ1) is 10.2. The van der Waals surface area contributed by atoms with Gasteiger partial charge in [0.2, 0.25) is 0 Å². The fourth-order valence-corrected chi connectivity index (χ4v) is 2.70. The number of nitrogens with one attached hydrogen (secondary N) is 1. The van der Waals surface area contributed by atoms with Crippen LogP contribution in [0.25, 0.3) is 0 Å². The van der Waals surface area contributed by atoms with Gasteiger partial charge in [-0.15, -0.1) is 0 Å². The van der Waals surface area contributed by atoms with Crippen LogP contribution in [0.5, 0.6) is 5.75 Å². The summed E-state index contributed by atoms with van der Waals surface area (Å²) in [5, 5.41) is 0. The maximum atomic E-state index is 13.5. The van der Waals surface area contributed by atoms with Crippen molar-refractivity contribution >= 4 is 15.7 Å². The summed E-state index contributed by atoms with van der Waals surface area (Å²) in [6, 6.07) is 3.82. The molecular weight excluding hydrogens is 326 g/mol. The Morgan fingerprint density at radius 3 is 2.05 bits per heavy atom. The van der Waals surface area contributed by atoms with Crippen LogP contribution < -0.4 is 9.46 Å². The number of benzene rings is 2. The number of methoxy groups -OCH3 is 1. The maximum Gasteiger partial charge on any atom is 0.262 e. The molecule has 22 heavy (non-hydrogen) atoms. The molecule has 2 rings (SSSR count). The normalized spacial score (nSPS) is 11.3. The molecule has 0 saturated heterocycles. The van der Waals surface area contributed by atoms with Crippen molar-refractivity contribution in [2.24, 2.45) is 0 Å². The van der Waals surface area contributed by atoms with Crippen molar-refractivity contribution in [1.82, 2.24) is 0 Å². The van der Waals surface area contributed by atoms with E-state index in [4.69, 9.17) is 0 Å². The molecule has 0 aliphatic rings. The van der Waals surface area contributed by atoms with Crippen molar-refractivity contribution < 1.29 is 30.7 Å². The van der Waals surface area contributed by atoms with Gasteiger partial charge in [-0.2, -0.15) is 0 Å². The second kappa shape index (κ2) is 5.84. The molecule has 0 radical (unpaired) electrons. The molecule has 0 fully saturated rings. The van der Waals surface area contributed by atoms with E-state index < -0.39 is 38.2 Å². The van der Waals surface area contributed by atoms with E-state index in [2.05, 4.69) is 4.74 Å². The Labute approximate surface area is 123 Å². The molecule has 0 aliphatic carbocycles. The lowest BCUT2D eigenvalue weighted by Crippen LogP contribution is -2.14. The zero-order valence-corrected chi connectivity index (χ0v) is 11.8. The maximum absolute atomic E-state index is 13.5. The summed E-state index contributed by atoms with van der Waals surface area (Å²) >= 11 is 0. The lowest BCUT2D eigenvalue weighted by atomic mass is 10.3. The van der Waals surface area contributed by atoms with Gasteiger partial charge in [0, 0.05) is 6.07 Å². The summed E-state index contributed by atoms with van der Waals surface area (Å²) in [6.07, 6.45) is 0. The van der Waals surface area contributed by atoms with Crippen LogP contribution in [0.1, 0.15) is 0 Å². The number of halogens is 4. The Kier molecular flexibility index (Phi) is 4.27. The highest BCUT2D eigenvalue weighted by molar-refractivity contribution is 7.92. The lowest BCUT2D eigenvalue weighted by molar-refractivity contribution is 0.386. The summed E-state index contributed by atoms with van der Waals surface area (Å²) in [6.45, 7) is 0. The Morgan fingerprint density at radius 2 is 1.55 bits per heavy atom. The molecule has 0 aliphatic heterocycles. The Balaban J connectivity index is 2.38. The minimum atomic E-state index is -4.42. The number of anilines is 1. The number of ether oxygens (including phenoxy) is 1. The Bertz CT molecular complexity index is 801. The molecule has 0 unspecified atom stereocenters. The van der Waals surface area contributed by atoms with E-state index in [0.717, 1.165) is 6.07 Å². The highest BCUT2D eigenvalue weighted by atomic mass is 32.2. The molecule has 4 nitrogen and oxygen atoms in total. The monoisotopic (exact) mass is 335 g/mol. The molecule has 0 amide bonds. The smallest absolute Gasteiger partial charge is 0.262 e. The Hall–Kier alpha value is -2.29. The minimum Gasteiger partial charge on any atom is -0.494 e. The van der Waals surface area contributed by atoms with Crippen molar-refractivity contribution in [3.05, 3.63) is 53.6 Å². The average Bonchev–Trinajstić information content (AvgIpc) is 2.44. The summed E-state index contributed by atoms with van der Waals surface area (Å²) in [4.78, 5) is -0.833. The molecule has 0 heterocycles. The molecule has 0 saturated carbocycles. The van der Waals surface area contributed by atoms with Gasteiger partial charge in [-0.3, -0.25) is 4.72 Å². The molecule has 118 valence electrons. The minimum absolute atomic E-state index is 0.109. The van der Waals surface area contributed by atoms with Crippen LogP contribution >= 0.6 is 0 Å². The van der Waals surface area contributed by atoms with Crippen molar-refractivity contribution in [3.63, 3.8) is 0 Å². The van der Waals surface area contributed by atoms with Gasteiger partial charge in [0.05, 0.1) is 17.7 Å². The second-order valence-corrected chi connectivity index (χ2v) is 5.84. The quantitative estimate of drug-likeness (QED) is 0.690. The number of sulfonamides is 1. The van der Waals surface area contributed by atoms with Crippen molar-refractivity contribution in [1.29, 1.82) is 0 Å². The van der Waals surface area contributed by atoms with Crippen molar-refractivity contribution in [2.45, 2.75) is 4.90 Å². The van der Waals surface area contributed by atoms with E-state index in [0.29, 0.717) is 12.1 Å². The van der Waals surface area contributed by atoms with Crippen molar-refractivity contribution in [3.8, 4) is 5.75 Å². The van der Waals surface area contributed by atoms with Gasteiger partial charge < -0.3 is 4.74 Å². The van der Waals surface area contributed by atoms with Gasteiger partial charge in [-0.1, -0.05) is 0 Å². The van der Waals surface area contributed by atoms with Gasteiger partial charge in [-0.05, 0) is 24.3 Å². The fourth-order valence-electron chi connectivity index (χ4n) is 1.63. The molecule has 2 aromatic rings. The van der Waals surface area contributed by atoms with Crippen LogP contribution in [0.3, 0.4) is 0 Å². The first-order valence-corrected chi connectivity index (χ1v) is 7.24. The standard InChI is InChI=1S/C13H9F4NO3S/c1-21-12-3-2-7(4-9(12)14)18-22(19,20)8-5-10(15)13(17)11(16)6-8/h2-6,18H,1H3. The molecule has 0 spiro atoms. The molecule has 0 bridgehead atoms. The average molecular weight is 335 g/mol.